The second-order valence-electron chi connectivity index (χ2n) is 7.48. The molecule has 0 aromatic rings. The van der Waals surface area contributed by atoms with Gasteiger partial charge < -0.3 is 5.73 Å². The van der Waals surface area contributed by atoms with Gasteiger partial charge in [0.05, 0.1) is 5.41 Å². The molecule has 0 spiro atoms. The number of primary amides is 1. The van der Waals surface area contributed by atoms with Crippen LogP contribution < -0.4 is 5.73 Å². The van der Waals surface area contributed by atoms with Crippen molar-refractivity contribution in [2.45, 2.75) is 110 Å². The minimum Gasteiger partial charge on any atom is -0.369 e. The SMILES string of the molecule is CCCCCCCCC1(C(N)=O)CCC1CCCCCCC. The lowest BCUT2D eigenvalue weighted by molar-refractivity contribution is -0.140. The van der Waals surface area contributed by atoms with Crippen LogP contribution in [0.5, 0.6) is 0 Å². The Bertz CT molecular complexity index is 302. The molecule has 1 saturated carbocycles. The first kappa shape index (κ1) is 19.5. The lowest BCUT2D eigenvalue weighted by atomic mass is 9.56. The fraction of sp³-hybridized carbons (Fsp3) is 0.950. The van der Waals surface area contributed by atoms with Crippen molar-refractivity contribution in [2.24, 2.45) is 17.1 Å². The molecular weight excluding hydrogens is 270 g/mol. The van der Waals surface area contributed by atoms with Crippen LogP contribution in [0.4, 0.5) is 0 Å². The van der Waals surface area contributed by atoms with Gasteiger partial charge in [-0.05, 0) is 31.6 Å². The average molecular weight is 310 g/mol. The van der Waals surface area contributed by atoms with E-state index in [0.29, 0.717) is 5.92 Å². The molecule has 0 radical (unpaired) electrons. The molecule has 1 aliphatic carbocycles. The van der Waals surface area contributed by atoms with Gasteiger partial charge >= 0.3 is 0 Å². The molecule has 1 aliphatic rings. The van der Waals surface area contributed by atoms with Crippen LogP contribution >= 0.6 is 0 Å². The van der Waals surface area contributed by atoms with E-state index in [-0.39, 0.29) is 11.3 Å². The third-order valence-corrected chi connectivity index (χ3v) is 5.84. The summed E-state index contributed by atoms with van der Waals surface area (Å²) >= 11 is 0. The Hall–Kier alpha value is -0.530. The van der Waals surface area contributed by atoms with E-state index in [9.17, 15) is 4.79 Å². The smallest absolute Gasteiger partial charge is 0.223 e. The van der Waals surface area contributed by atoms with Crippen LogP contribution in [-0.4, -0.2) is 5.91 Å². The molecule has 0 aromatic carbocycles. The maximum Gasteiger partial charge on any atom is 0.223 e. The van der Waals surface area contributed by atoms with Crippen LogP contribution in [-0.2, 0) is 4.79 Å². The third kappa shape index (κ3) is 5.93. The number of hydrogen-bond acceptors (Lipinski definition) is 1. The van der Waals surface area contributed by atoms with Crippen LogP contribution in [0.2, 0.25) is 0 Å². The Morgan fingerprint density at radius 3 is 1.95 bits per heavy atom. The van der Waals surface area contributed by atoms with Gasteiger partial charge in [-0.25, -0.2) is 0 Å². The van der Waals surface area contributed by atoms with Crippen LogP contribution in [0.1, 0.15) is 110 Å². The van der Waals surface area contributed by atoms with E-state index in [0.717, 1.165) is 12.8 Å². The predicted molar refractivity (Wildman–Crippen MR) is 95.7 cm³/mol. The number of hydrogen-bond donors (Lipinski definition) is 1. The van der Waals surface area contributed by atoms with E-state index in [4.69, 9.17) is 5.73 Å². The largest absolute Gasteiger partial charge is 0.369 e. The van der Waals surface area contributed by atoms with Crippen molar-refractivity contribution in [3.05, 3.63) is 0 Å². The molecule has 0 aliphatic heterocycles. The van der Waals surface area contributed by atoms with E-state index >= 15 is 0 Å². The Labute approximate surface area is 138 Å². The second kappa shape index (κ2) is 11.1. The molecule has 130 valence electrons. The molecule has 22 heavy (non-hydrogen) atoms. The fourth-order valence-corrected chi connectivity index (χ4v) is 4.11. The van der Waals surface area contributed by atoms with Gasteiger partial charge in [0.1, 0.15) is 0 Å². The van der Waals surface area contributed by atoms with Crippen LogP contribution in [0, 0.1) is 11.3 Å². The normalized spacial score (nSPS) is 24.2. The zero-order valence-electron chi connectivity index (χ0n) is 15.2. The maximum atomic E-state index is 12.0. The van der Waals surface area contributed by atoms with E-state index in [1.807, 2.05) is 0 Å². The third-order valence-electron chi connectivity index (χ3n) is 5.84. The van der Waals surface area contributed by atoms with Gasteiger partial charge in [-0.15, -0.1) is 0 Å². The quantitative estimate of drug-likeness (QED) is 0.394. The molecule has 0 heterocycles. The van der Waals surface area contributed by atoms with E-state index < -0.39 is 0 Å². The average Bonchev–Trinajstić information content (AvgIpc) is 2.48. The highest BCUT2D eigenvalue weighted by molar-refractivity contribution is 5.82. The zero-order chi connectivity index (χ0) is 16.3. The molecule has 1 rings (SSSR count). The summed E-state index contributed by atoms with van der Waals surface area (Å²) in [4.78, 5) is 12.0. The highest BCUT2D eigenvalue weighted by atomic mass is 16.1. The van der Waals surface area contributed by atoms with Crippen molar-refractivity contribution in [2.75, 3.05) is 0 Å². The zero-order valence-corrected chi connectivity index (χ0v) is 15.2. The van der Waals surface area contributed by atoms with Crippen molar-refractivity contribution >= 4 is 5.91 Å². The first-order chi connectivity index (χ1) is 10.7. The molecule has 2 atom stereocenters. The molecule has 2 N–H and O–H groups in total. The summed E-state index contributed by atoms with van der Waals surface area (Å²) in [7, 11) is 0. The summed E-state index contributed by atoms with van der Waals surface area (Å²) in [6.07, 6.45) is 19.0. The lowest BCUT2D eigenvalue weighted by Crippen LogP contribution is -2.50. The predicted octanol–water partition coefficient (Wildman–Crippen LogP) is 5.98. The highest BCUT2D eigenvalue weighted by Crippen LogP contribution is 2.52. The summed E-state index contributed by atoms with van der Waals surface area (Å²) < 4.78 is 0. The number of carbonyl (C=O) groups is 1. The van der Waals surface area contributed by atoms with E-state index in [1.54, 1.807) is 0 Å². The Balaban J connectivity index is 2.26. The maximum absolute atomic E-state index is 12.0. The van der Waals surface area contributed by atoms with Crippen molar-refractivity contribution in [1.29, 1.82) is 0 Å². The van der Waals surface area contributed by atoms with Gasteiger partial charge in [0.15, 0.2) is 0 Å². The van der Waals surface area contributed by atoms with Gasteiger partial charge in [0.2, 0.25) is 5.91 Å². The summed E-state index contributed by atoms with van der Waals surface area (Å²) in [5.41, 5.74) is 5.67. The van der Waals surface area contributed by atoms with Gasteiger partial charge in [-0.3, -0.25) is 4.79 Å². The first-order valence-corrected chi connectivity index (χ1v) is 9.97. The minimum atomic E-state index is -0.129. The standard InChI is InChI=1S/C20H39NO/c1-3-5-7-9-11-13-16-20(19(21)22)17-15-18(20)14-12-10-8-6-4-2/h18H,3-17H2,1-2H3,(H2,21,22). The topological polar surface area (TPSA) is 43.1 Å². The molecular formula is C20H39NO. The van der Waals surface area contributed by atoms with Crippen LogP contribution in [0.3, 0.4) is 0 Å². The molecule has 2 nitrogen and oxygen atoms in total. The summed E-state index contributed by atoms with van der Waals surface area (Å²) in [6.45, 7) is 4.51. The van der Waals surface area contributed by atoms with Crippen molar-refractivity contribution < 1.29 is 4.79 Å². The fourth-order valence-electron chi connectivity index (χ4n) is 4.11. The number of unbranched alkanes of at least 4 members (excludes halogenated alkanes) is 9. The first-order valence-electron chi connectivity index (χ1n) is 9.97. The van der Waals surface area contributed by atoms with Crippen molar-refractivity contribution in [1.82, 2.24) is 0 Å². The van der Waals surface area contributed by atoms with Gasteiger partial charge in [0.25, 0.3) is 0 Å². The Morgan fingerprint density at radius 2 is 1.45 bits per heavy atom. The Morgan fingerprint density at radius 1 is 0.909 bits per heavy atom. The number of carbonyl (C=O) groups excluding carboxylic acids is 1. The summed E-state index contributed by atoms with van der Waals surface area (Å²) in [6, 6.07) is 0. The molecule has 0 saturated heterocycles. The van der Waals surface area contributed by atoms with Crippen LogP contribution in [0.25, 0.3) is 0 Å². The summed E-state index contributed by atoms with van der Waals surface area (Å²) in [5, 5.41) is 0. The van der Waals surface area contributed by atoms with Gasteiger partial charge in [0, 0.05) is 0 Å². The highest BCUT2D eigenvalue weighted by Gasteiger charge is 2.49. The Kier molecular flexibility index (Phi) is 9.82. The minimum absolute atomic E-state index is 0.00846. The molecule has 0 bridgehead atoms. The molecule has 2 unspecified atom stereocenters. The lowest BCUT2D eigenvalue weighted by Gasteiger charge is -2.48. The van der Waals surface area contributed by atoms with Crippen molar-refractivity contribution in [3.8, 4) is 0 Å². The molecule has 2 heteroatoms. The van der Waals surface area contributed by atoms with Gasteiger partial charge in [-0.2, -0.15) is 0 Å². The van der Waals surface area contributed by atoms with E-state index in [2.05, 4.69) is 13.8 Å². The number of amides is 1. The monoisotopic (exact) mass is 309 g/mol. The number of rotatable bonds is 14. The molecule has 0 aromatic heterocycles. The van der Waals surface area contributed by atoms with Crippen LogP contribution in [0.15, 0.2) is 0 Å². The second-order valence-corrected chi connectivity index (χ2v) is 7.48. The summed E-state index contributed by atoms with van der Waals surface area (Å²) in [5.74, 6) is 0.577. The molecule has 1 amide bonds. The van der Waals surface area contributed by atoms with Crippen molar-refractivity contribution in [3.63, 3.8) is 0 Å². The molecule has 1 fully saturated rings. The van der Waals surface area contributed by atoms with E-state index in [1.165, 1.54) is 83.5 Å². The number of nitrogens with two attached hydrogens (primary N) is 1. The van der Waals surface area contributed by atoms with Gasteiger partial charge in [-0.1, -0.05) is 84.5 Å².